The molecule has 180 valence electrons. The molecule has 0 aliphatic heterocycles. The van der Waals surface area contributed by atoms with Gasteiger partial charge in [-0.1, -0.05) is 46.6 Å². The van der Waals surface area contributed by atoms with Gasteiger partial charge in [-0.3, -0.25) is 0 Å². The van der Waals surface area contributed by atoms with Crippen LogP contribution in [0.1, 0.15) is 66.9 Å². The fourth-order valence-corrected chi connectivity index (χ4v) is 6.77. The number of fused-ring (bicyclic) bond motifs is 2. The van der Waals surface area contributed by atoms with Crippen molar-refractivity contribution in [2.24, 2.45) is 11.8 Å². The molecule has 0 radical (unpaired) electrons. The molecule has 0 spiro atoms. The van der Waals surface area contributed by atoms with Crippen molar-refractivity contribution >= 4 is 23.2 Å². The summed E-state index contributed by atoms with van der Waals surface area (Å²) in [4.78, 5) is 0. The number of aromatic nitrogens is 1. The average molecular weight is 509 g/mol. The first-order valence-electron chi connectivity index (χ1n) is 12.3. The number of hydrogen-bond donors (Lipinski definition) is 1. The van der Waals surface area contributed by atoms with Gasteiger partial charge in [0.1, 0.15) is 11.5 Å². The molecule has 3 saturated carbocycles. The summed E-state index contributed by atoms with van der Waals surface area (Å²) >= 11 is 13.0. The first-order chi connectivity index (χ1) is 17.0. The SMILES string of the molecule is N#Cc1cccc([C@]2(O)[C@@H]3CC[C@H]2C[C@H](OCc2c(-c4c(Cl)cccc4Cl)noc2C2CC2)C3)c1. The fraction of sp³-hybridized carbons (Fsp3) is 0.429. The summed E-state index contributed by atoms with van der Waals surface area (Å²) in [5, 5.41) is 26.5. The third-order valence-electron chi connectivity index (χ3n) is 8.09. The van der Waals surface area contributed by atoms with Gasteiger partial charge in [0.2, 0.25) is 0 Å². The summed E-state index contributed by atoms with van der Waals surface area (Å²) < 4.78 is 12.3. The number of nitriles is 1. The lowest BCUT2D eigenvalue weighted by molar-refractivity contribution is -0.116. The molecular weight excluding hydrogens is 483 g/mol. The zero-order chi connectivity index (χ0) is 24.2. The van der Waals surface area contributed by atoms with Crippen molar-refractivity contribution in [2.45, 2.75) is 62.8 Å². The highest BCUT2D eigenvalue weighted by atomic mass is 35.5. The van der Waals surface area contributed by atoms with E-state index >= 15 is 0 Å². The molecular formula is C28H26Cl2N2O3. The largest absolute Gasteiger partial charge is 0.385 e. The number of rotatable bonds is 6. The molecule has 2 bridgehead atoms. The molecule has 1 aromatic heterocycles. The summed E-state index contributed by atoms with van der Waals surface area (Å²) in [6.07, 6.45) is 5.66. The van der Waals surface area contributed by atoms with Crippen LogP contribution >= 0.6 is 23.2 Å². The maximum absolute atomic E-state index is 11.8. The number of hydrogen-bond acceptors (Lipinski definition) is 5. The lowest BCUT2D eigenvalue weighted by Crippen LogP contribution is -2.44. The molecule has 0 saturated heterocycles. The van der Waals surface area contributed by atoms with E-state index in [2.05, 4.69) is 11.2 Å². The Hall–Kier alpha value is -2.36. The van der Waals surface area contributed by atoms with Crippen LogP contribution in [-0.2, 0) is 16.9 Å². The van der Waals surface area contributed by atoms with Crippen molar-refractivity contribution in [3.8, 4) is 17.3 Å². The second kappa shape index (κ2) is 8.94. The Morgan fingerprint density at radius 3 is 2.40 bits per heavy atom. The molecule has 3 aliphatic carbocycles. The van der Waals surface area contributed by atoms with E-state index in [1.54, 1.807) is 18.2 Å². The Morgan fingerprint density at radius 1 is 1.06 bits per heavy atom. The van der Waals surface area contributed by atoms with Crippen LogP contribution < -0.4 is 0 Å². The van der Waals surface area contributed by atoms with Crippen molar-refractivity contribution < 1.29 is 14.4 Å². The maximum atomic E-state index is 11.8. The third-order valence-corrected chi connectivity index (χ3v) is 8.72. The molecule has 2 aromatic carbocycles. The average Bonchev–Trinajstić information content (AvgIpc) is 3.60. The van der Waals surface area contributed by atoms with E-state index in [4.69, 9.17) is 32.5 Å². The van der Waals surface area contributed by atoms with Gasteiger partial charge in [-0.25, -0.2) is 0 Å². The van der Waals surface area contributed by atoms with E-state index < -0.39 is 5.60 Å². The normalized spacial score (nSPS) is 27.7. The Balaban J connectivity index is 1.23. The highest BCUT2D eigenvalue weighted by Crippen LogP contribution is 2.56. The summed E-state index contributed by atoms with van der Waals surface area (Å²) in [6, 6.07) is 15.1. The van der Waals surface area contributed by atoms with Gasteiger partial charge >= 0.3 is 0 Å². The molecule has 1 heterocycles. The van der Waals surface area contributed by atoms with E-state index in [0.717, 1.165) is 55.4 Å². The Labute approximate surface area is 214 Å². The maximum Gasteiger partial charge on any atom is 0.145 e. The predicted molar refractivity (Wildman–Crippen MR) is 133 cm³/mol. The number of halogens is 2. The molecule has 5 nitrogen and oxygen atoms in total. The van der Waals surface area contributed by atoms with Gasteiger partial charge in [-0.05, 0) is 80.2 Å². The highest BCUT2D eigenvalue weighted by molar-refractivity contribution is 6.39. The predicted octanol–water partition coefficient (Wildman–Crippen LogP) is 6.99. The standard InChI is InChI=1S/C28H26Cl2N2O3/c29-23-5-2-6-24(30)25(23)26-22(27(35-32-26)17-7-8-17)15-34-21-12-19-9-10-20(13-21)28(19,33)18-4-1-3-16(11-18)14-31/h1-6,11,17,19-21,33H,7-10,12-13,15H2/t19-,20+,21-,28+. The molecule has 7 heteroatoms. The van der Waals surface area contributed by atoms with Crippen LogP contribution in [0.5, 0.6) is 0 Å². The minimum absolute atomic E-state index is 0.0310. The van der Waals surface area contributed by atoms with Gasteiger partial charge in [0.25, 0.3) is 0 Å². The van der Waals surface area contributed by atoms with Crippen molar-refractivity contribution in [1.82, 2.24) is 5.16 Å². The smallest absolute Gasteiger partial charge is 0.145 e. The highest BCUT2D eigenvalue weighted by Gasteiger charge is 2.54. The van der Waals surface area contributed by atoms with E-state index in [1.165, 1.54) is 0 Å². The monoisotopic (exact) mass is 508 g/mol. The quantitative estimate of drug-likeness (QED) is 0.388. The summed E-state index contributed by atoms with van der Waals surface area (Å²) in [5.74, 6) is 1.45. The van der Waals surface area contributed by atoms with Gasteiger partial charge in [-0.15, -0.1) is 0 Å². The zero-order valence-electron chi connectivity index (χ0n) is 19.2. The molecule has 0 amide bonds. The number of aliphatic hydroxyl groups is 1. The molecule has 3 fully saturated rings. The second-order valence-corrected chi connectivity index (χ2v) is 11.0. The first kappa shape index (κ1) is 23.1. The van der Waals surface area contributed by atoms with Gasteiger partial charge in [0.05, 0.1) is 40.0 Å². The summed E-state index contributed by atoms with van der Waals surface area (Å²) in [7, 11) is 0. The third kappa shape index (κ3) is 3.97. The minimum Gasteiger partial charge on any atom is -0.385 e. The molecule has 6 rings (SSSR count). The van der Waals surface area contributed by atoms with Crippen LogP contribution in [-0.4, -0.2) is 16.4 Å². The minimum atomic E-state index is -0.903. The summed E-state index contributed by atoms with van der Waals surface area (Å²) in [6.45, 7) is 0.374. The lowest BCUT2D eigenvalue weighted by atomic mass is 9.69. The Kier molecular flexibility index (Phi) is 5.89. The molecule has 3 aromatic rings. The van der Waals surface area contributed by atoms with Gasteiger partial charge < -0.3 is 14.4 Å². The van der Waals surface area contributed by atoms with Crippen molar-refractivity contribution in [3.05, 3.63) is 75.0 Å². The van der Waals surface area contributed by atoms with Gasteiger partial charge in [0, 0.05) is 17.0 Å². The van der Waals surface area contributed by atoms with Crippen LogP contribution in [0.15, 0.2) is 47.0 Å². The summed E-state index contributed by atoms with van der Waals surface area (Å²) in [5.41, 5.74) is 2.80. The molecule has 4 atom stereocenters. The molecule has 1 N–H and O–H groups in total. The van der Waals surface area contributed by atoms with Gasteiger partial charge in [-0.2, -0.15) is 5.26 Å². The van der Waals surface area contributed by atoms with Crippen LogP contribution in [0.3, 0.4) is 0 Å². The Morgan fingerprint density at radius 2 is 1.74 bits per heavy atom. The second-order valence-electron chi connectivity index (χ2n) is 10.1. The fourth-order valence-electron chi connectivity index (χ4n) is 6.20. The van der Waals surface area contributed by atoms with Crippen LogP contribution in [0.2, 0.25) is 10.0 Å². The van der Waals surface area contributed by atoms with Crippen LogP contribution in [0.4, 0.5) is 0 Å². The molecule has 3 aliphatic rings. The molecule has 35 heavy (non-hydrogen) atoms. The van der Waals surface area contributed by atoms with Crippen LogP contribution in [0.25, 0.3) is 11.3 Å². The molecule has 0 unspecified atom stereocenters. The first-order valence-corrected chi connectivity index (χ1v) is 13.0. The van der Waals surface area contributed by atoms with E-state index in [-0.39, 0.29) is 17.9 Å². The van der Waals surface area contributed by atoms with Gasteiger partial charge in [0.15, 0.2) is 0 Å². The van der Waals surface area contributed by atoms with E-state index in [0.29, 0.717) is 39.4 Å². The van der Waals surface area contributed by atoms with E-state index in [1.807, 2.05) is 24.3 Å². The van der Waals surface area contributed by atoms with Crippen molar-refractivity contribution in [2.75, 3.05) is 0 Å². The van der Waals surface area contributed by atoms with Crippen molar-refractivity contribution in [1.29, 1.82) is 5.26 Å². The number of benzene rings is 2. The van der Waals surface area contributed by atoms with Crippen LogP contribution in [0, 0.1) is 23.2 Å². The topological polar surface area (TPSA) is 79.3 Å². The number of ether oxygens (including phenoxy) is 1. The lowest BCUT2D eigenvalue weighted by Gasteiger charge is -2.43. The van der Waals surface area contributed by atoms with E-state index in [9.17, 15) is 10.4 Å². The Bertz CT molecular complexity index is 1280. The number of nitrogens with zero attached hydrogens (tertiary/aromatic N) is 2. The zero-order valence-corrected chi connectivity index (χ0v) is 20.7. The van der Waals surface area contributed by atoms with Crippen molar-refractivity contribution in [3.63, 3.8) is 0 Å².